The van der Waals surface area contributed by atoms with Gasteiger partial charge in [0.05, 0.1) is 13.7 Å². The van der Waals surface area contributed by atoms with Gasteiger partial charge in [0, 0.05) is 6.54 Å². The van der Waals surface area contributed by atoms with E-state index in [1.54, 1.807) is 7.11 Å². The molecule has 0 fully saturated rings. The second-order valence-electron chi connectivity index (χ2n) is 3.79. The highest BCUT2D eigenvalue weighted by molar-refractivity contribution is 5.42. The Kier molecular flexibility index (Phi) is 6.18. The SMILES string of the molecule is C=CCCCOc1cc(CNC)ccc1OC. The van der Waals surface area contributed by atoms with Crippen LogP contribution in [0.4, 0.5) is 0 Å². The Morgan fingerprint density at radius 1 is 1.35 bits per heavy atom. The number of unbranched alkanes of at least 4 members (excludes halogenated alkanes) is 1. The minimum Gasteiger partial charge on any atom is -0.493 e. The number of allylic oxidation sites excluding steroid dienone is 1. The maximum atomic E-state index is 5.72. The molecule has 3 heteroatoms. The quantitative estimate of drug-likeness (QED) is 0.555. The van der Waals surface area contributed by atoms with Crippen molar-refractivity contribution in [1.29, 1.82) is 0 Å². The van der Waals surface area contributed by atoms with Crippen molar-refractivity contribution in [3.63, 3.8) is 0 Å². The number of nitrogens with one attached hydrogen (secondary N) is 1. The number of hydrogen-bond acceptors (Lipinski definition) is 3. The molecule has 0 bridgehead atoms. The van der Waals surface area contributed by atoms with Crippen LogP contribution in [0.5, 0.6) is 11.5 Å². The lowest BCUT2D eigenvalue weighted by atomic mass is 10.2. The van der Waals surface area contributed by atoms with Gasteiger partial charge in [0.25, 0.3) is 0 Å². The predicted octanol–water partition coefficient (Wildman–Crippen LogP) is 2.76. The van der Waals surface area contributed by atoms with Crippen molar-refractivity contribution < 1.29 is 9.47 Å². The van der Waals surface area contributed by atoms with Crippen LogP contribution in [-0.2, 0) is 6.54 Å². The van der Waals surface area contributed by atoms with Crippen LogP contribution < -0.4 is 14.8 Å². The largest absolute Gasteiger partial charge is 0.493 e. The summed E-state index contributed by atoms with van der Waals surface area (Å²) in [5, 5.41) is 3.12. The summed E-state index contributed by atoms with van der Waals surface area (Å²) in [5.41, 5.74) is 1.19. The zero-order valence-corrected chi connectivity index (χ0v) is 10.7. The number of ether oxygens (including phenoxy) is 2. The fourth-order valence-corrected chi connectivity index (χ4v) is 1.56. The summed E-state index contributed by atoms with van der Waals surface area (Å²) in [4.78, 5) is 0. The minimum absolute atomic E-state index is 0.686. The molecule has 0 aliphatic heterocycles. The molecule has 0 aliphatic carbocycles. The van der Waals surface area contributed by atoms with Crippen LogP contribution in [0.1, 0.15) is 18.4 Å². The summed E-state index contributed by atoms with van der Waals surface area (Å²) < 4.78 is 11.0. The van der Waals surface area contributed by atoms with Crippen molar-refractivity contribution in [2.75, 3.05) is 20.8 Å². The third-order valence-electron chi connectivity index (χ3n) is 2.42. The van der Waals surface area contributed by atoms with Crippen LogP contribution in [-0.4, -0.2) is 20.8 Å². The molecule has 0 saturated heterocycles. The molecule has 0 amide bonds. The van der Waals surface area contributed by atoms with Gasteiger partial charge in [-0.1, -0.05) is 12.1 Å². The summed E-state index contributed by atoms with van der Waals surface area (Å²) in [7, 11) is 3.58. The molecule has 0 atom stereocenters. The van der Waals surface area contributed by atoms with Crippen molar-refractivity contribution in [1.82, 2.24) is 5.32 Å². The van der Waals surface area contributed by atoms with E-state index in [2.05, 4.69) is 11.9 Å². The van der Waals surface area contributed by atoms with Crippen LogP contribution in [0.2, 0.25) is 0 Å². The highest BCUT2D eigenvalue weighted by atomic mass is 16.5. The molecule has 17 heavy (non-hydrogen) atoms. The molecule has 0 saturated carbocycles. The number of hydrogen-bond donors (Lipinski definition) is 1. The third-order valence-corrected chi connectivity index (χ3v) is 2.42. The Morgan fingerprint density at radius 2 is 2.18 bits per heavy atom. The predicted molar refractivity (Wildman–Crippen MR) is 70.7 cm³/mol. The smallest absolute Gasteiger partial charge is 0.161 e. The normalized spacial score (nSPS) is 10.0. The Hall–Kier alpha value is -1.48. The average Bonchev–Trinajstić information content (AvgIpc) is 2.35. The van der Waals surface area contributed by atoms with Gasteiger partial charge in [-0.15, -0.1) is 6.58 Å². The molecule has 3 nitrogen and oxygen atoms in total. The van der Waals surface area contributed by atoms with E-state index in [1.807, 2.05) is 31.3 Å². The van der Waals surface area contributed by atoms with E-state index in [0.717, 1.165) is 30.9 Å². The number of methoxy groups -OCH3 is 1. The van der Waals surface area contributed by atoms with Crippen molar-refractivity contribution in [3.05, 3.63) is 36.4 Å². The number of rotatable bonds is 8. The molecule has 1 aromatic carbocycles. The summed E-state index contributed by atoms with van der Waals surface area (Å²) >= 11 is 0. The first-order chi connectivity index (χ1) is 8.31. The first kappa shape index (κ1) is 13.6. The molecular formula is C14H21NO2. The zero-order valence-electron chi connectivity index (χ0n) is 10.7. The summed E-state index contributed by atoms with van der Waals surface area (Å²) in [6, 6.07) is 5.99. The highest BCUT2D eigenvalue weighted by Gasteiger charge is 2.05. The Bertz CT molecular complexity index is 350. The highest BCUT2D eigenvalue weighted by Crippen LogP contribution is 2.28. The van der Waals surface area contributed by atoms with E-state index in [1.165, 1.54) is 5.56 Å². The van der Waals surface area contributed by atoms with Crippen molar-refractivity contribution in [3.8, 4) is 11.5 Å². The zero-order chi connectivity index (χ0) is 12.5. The van der Waals surface area contributed by atoms with Crippen LogP contribution in [0, 0.1) is 0 Å². The lowest BCUT2D eigenvalue weighted by Crippen LogP contribution is -2.06. The van der Waals surface area contributed by atoms with Gasteiger partial charge in [-0.3, -0.25) is 0 Å². The second kappa shape index (κ2) is 7.74. The standard InChI is InChI=1S/C14H21NO2/c1-4-5-6-9-17-14-10-12(11-15-2)7-8-13(14)16-3/h4,7-8,10,15H,1,5-6,9,11H2,2-3H3. The molecule has 0 unspecified atom stereocenters. The van der Waals surface area contributed by atoms with E-state index >= 15 is 0 Å². The summed E-state index contributed by atoms with van der Waals surface area (Å²) in [6.07, 6.45) is 3.85. The Morgan fingerprint density at radius 3 is 2.82 bits per heavy atom. The number of benzene rings is 1. The molecule has 94 valence electrons. The molecule has 1 N–H and O–H groups in total. The van der Waals surface area contributed by atoms with E-state index in [9.17, 15) is 0 Å². The van der Waals surface area contributed by atoms with Gasteiger partial charge in [0.2, 0.25) is 0 Å². The van der Waals surface area contributed by atoms with Gasteiger partial charge in [-0.25, -0.2) is 0 Å². The van der Waals surface area contributed by atoms with Crippen molar-refractivity contribution in [2.24, 2.45) is 0 Å². The van der Waals surface area contributed by atoms with Crippen molar-refractivity contribution >= 4 is 0 Å². The fraction of sp³-hybridized carbons (Fsp3) is 0.429. The van der Waals surface area contributed by atoms with Crippen LogP contribution in [0.25, 0.3) is 0 Å². The van der Waals surface area contributed by atoms with E-state index in [0.29, 0.717) is 6.61 Å². The Balaban J connectivity index is 2.64. The molecule has 0 radical (unpaired) electrons. The van der Waals surface area contributed by atoms with Crippen LogP contribution >= 0.6 is 0 Å². The average molecular weight is 235 g/mol. The van der Waals surface area contributed by atoms with Gasteiger partial charge in [0.15, 0.2) is 11.5 Å². The summed E-state index contributed by atoms with van der Waals surface area (Å²) in [6.45, 7) is 5.20. The maximum absolute atomic E-state index is 5.72. The van der Waals surface area contributed by atoms with Crippen LogP contribution in [0.3, 0.4) is 0 Å². The molecule has 0 heterocycles. The van der Waals surface area contributed by atoms with Gasteiger partial charge >= 0.3 is 0 Å². The fourth-order valence-electron chi connectivity index (χ4n) is 1.56. The first-order valence-corrected chi connectivity index (χ1v) is 5.87. The first-order valence-electron chi connectivity index (χ1n) is 5.87. The topological polar surface area (TPSA) is 30.5 Å². The third kappa shape index (κ3) is 4.49. The lowest BCUT2D eigenvalue weighted by molar-refractivity contribution is 0.290. The van der Waals surface area contributed by atoms with Gasteiger partial charge in [-0.05, 0) is 37.6 Å². The maximum Gasteiger partial charge on any atom is 0.161 e. The van der Waals surface area contributed by atoms with Gasteiger partial charge < -0.3 is 14.8 Å². The molecule has 0 aliphatic rings. The van der Waals surface area contributed by atoms with E-state index in [4.69, 9.17) is 9.47 Å². The van der Waals surface area contributed by atoms with Crippen molar-refractivity contribution in [2.45, 2.75) is 19.4 Å². The van der Waals surface area contributed by atoms with E-state index < -0.39 is 0 Å². The molecule has 0 spiro atoms. The molecule has 1 rings (SSSR count). The summed E-state index contributed by atoms with van der Waals surface area (Å²) in [5.74, 6) is 1.59. The minimum atomic E-state index is 0.686. The monoisotopic (exact) mass is 235 g/mol. The Labute approximate surface area is 103 Å². The van der Waals surface area contributed by atoms with Crippen LogP contribution in [0.15, 0.2) is 30.9 Å². The molecule has 0 aromatic heterocycles. The van der Waals surface area contributed by atoms with Gasteiger partial charge in [0.1, 0.15) is 0 Å². The van der Waals surface area contributed by atoms with E-state index in [-0.39, 0.29) is 0 Å². The molecular weight excluding hydrogens is 214 g/mol. The van der Waals surface area contributed by atoms with Gasteiger partial charge in [-0.2, -0.15) is 0 Å². The molecule has 1 aromatic rings. The second-order valence-corrected chi connectivity index (χ2v) is 3.79. The lowest BCUT2D eigenvalue weighted by Gasteiger charge is -2.12.